The quantitative estimate of drug-likeness (QED) is 0.863. The lowest BCUT2D eigenvalue weighted by molar-refractivity contribution is 0.0940. The smallest absolute Gasteiger partial charge is 0.263 e. The highest BCUT2D eigenvalue weighted by Gasteiger charge is 2.19. The number of carbonyl (C=O) groups is 1. The van der Waals surface area contributed by atoms with Crippen LogP contribution in [0.25, 0.3) is 10.1 Å². The molecule has 21 heavy (non-hydrogen) atoms. The van der Waals surface area contributed by atoms with Gasteiger partial charge in [0.2, 0.25) is 0 Å². The van der Waals surface area contributed by atoms with Crippen LogP contribution < -0.4 is 11.1 Å². The molecule has 3 N–H and O–H groups in total. The Bertz CT molecular complexity index is 648. The fourth-order valence-electron chi connectivity index (χ4n) is 2.57. The number of carbonyl (C=O) groups excluding carboxylic acids is 1. The molecule has 0 aliphatic rings. The van der Waals surface area contributed by atoms with Gasteiger partial charge in [0.05, 0.1) is 5.69 Å². The van der Waals surface area contributed by atoms with Crippen molar-refractivity contribution in [3.63, 3.8) is 0 Å². The molecule has 2 unspecified atom stereocenters. The van der Waals surface area contributed by atoms with Gasteiger partial charge in [-0.3, -0.25) is 4.79 Å². The van der Waals surface area contributed by atoms with Gasteiger partial charge in [-0.25, -0.2) is 0 Å². The van der Waals surface area contributed by atoms with Gasteiger partial charge >= 0.3 is 0 Å². The number of anilines is 1. The molecule has 1 heterocycles. The van der Waals surface area contributed by atoms with Crippen molar-refractivity contribution >= 4 is 33.0 Å². The molecule has 1 aromatic carbocycles. The molecule has 2 atom stereocenters. The maximum atomic E-state index is 12.4. The maximum absolute atomic E-state index is 12.4. The monoisotopic (exact) mass is 304 g/mol. The van der Waals surface area contributed by atoms with E-state index in [2.05, 4.69) is 26.1 Å². The van der Waals surface area contributed by atoms with E-state index in [1.807, 2.05) is 25.1 Å². The van der Waals surface area contributed by atoms with E-state index in [4.69, 9.17) is 5.73 Å². The molecule has 4 heteroatoms. The molecule has 0 spiro atoms. The minimum Gasteiger partial charge on any atom is -0.397 e. The summed E-state index contributed by atoms with van der Waals surface area (Å²) < 4.78 is 1.11. The highest BCUT2D eigenvalue weighted by molar-refractivity contribution is 7.21. The SMILES string of the molecule is CCC(C)CC(C)NC(=O)c1sc2c(C)cccc2c1N. The third-order valence-electron chi connectivity index (χ3n) is 3.99. The molecule has 1 aromatic heterocycles. The maximum Gasteiger partial charge on any atom is 0.263 e. The van der Waals surface area contributed by atoms with E-state index in [1.165, 1.54) is 11.3 Å². The average Bonchev–Trinajstić information content (AvgIpc) is 2.77. The summed E-state index contributed by atoms with van der Waals surface area (Å²) in [5.41, 5.74) is 7.93. The van der Waals surface area contributed by atoms with E-state index in [0.717, 1.165) is 28.5 Å². The molecule has 0 bridgehead atoms. The standard InChI is InChI=1S/C17H24N2OS/c1-5-10(2)9-12(4)19-17(20)16-14(18)13-8-6-7-11(3)15(13)21-16/h6-8,10,12H,5,9,18H2,1-4H3,(H,19,20). The number of benzene rings is 1. The Morgan fingerprint density at radius 3 is 2.71 bits per heavy atom. The Morgan fingerprint density at radius 1 is 1.38 bits per heavy atom. The van der Waals surface area contributed by atoms with Crippen LogP contribution in [0.2, 0.25) is 0 Å². The Hall–Kier alpha value is -1.55. The van der Waals surface area contributed by atoms with Crippen LogP contribution >= 0.6 is 11.3 Å². The van der Waals surface area contributed by atoms with Crippen LogP contribution in [0.5, 0.6) is 0 Å². The van der Waals surface area contributed by atoms with Crippen molar-refractivity contribution < 1.29 is 4.79 Å². The summed E-state index contributed by atoms with van der Waals surface area (Å²) in [6, 6.07) is 6.17. The Morgan fingerprint density at radius 2 is 2.10 bits per heavy atom. The van der Waals surface area contributed by atoms with Gasteiger partial charge in [0, 0.05) is 16.1 Å². The van der Waals surface area contributed by atoms with Crippen LogP contribution in [0.4, 0.5) is 5.69 Å². The van der Waals surface area contributed by atoms with Crippen molar-refractivity contribution in [1.29, 1.82) is 0 Å². The molecule has 3 nitrogen and oxygen atoms in total. The predicted molar refractivity (Wildman–Crippen MR) is 92.0 cm³/mol. The Balaban J connectivity index is 2.20. The molecule has 0 aliphatic carbocycles. The van der Waals surface area contributed by atoms with Gasteiger partial charge in [-0.05, 0) is 31.7 Å². The van der Waals surface area contributed by atoms with Gasteiger partial charge in [-0.1, -0.05) is 38.5 Å². The fraction of sp³-hybridized carbons (Fsp3) is 0.471. The zero-order valence-electron chi connectivity index (χ0n) is 13.2. The minimum absolute atomic E-state index is 0.0519. The second-order valence-corrected chi connectivity index (χ2v) is 6.94. The van der Waals surface area contributed by atoms with Crippen LogP contribution in [0.3, 0.4) is 0 Å². The third-order valence-corrected chi connectivity index (χ3v) is 5.34. The van der Waals surface area contributed by atoms with Crippen LogP contribution in [-0.4, -0.2) is 11.9 Å². The summed E-state index contributed by atoms with van der Waals surface area (Å²) >= 11 is 1.49. The van der Waals surface area contributed by atoms with Crippen molar-refractivity contribution in [2.45, 2.75) is 46.6 Å². The number of fused-ring (bicyclic) bond motifs is 1. The van der Waals surface area contributed by atoms with E-state index in [1.54, 1.807) is 0 Å². The van der Waals surface area contributed by atoms with Gasteiger partial charge in [0.1, 0.15) is 4.88 Å². The molecular formula is C17H24N2OS. The van der Waals surface area contributed by atoms with Crippen LogP contribution in [-0.2, 0) is 0 Å². The second kappa shape index (κ2) is 6.48. The topological polar surface area (TPSA) is 55.1 Å². The van der Waals surface area contributed by atoms with Gasteiger partial charge in [-0.15, -0.1) is 11.3 Å². The summed E-state index contributed by atoms with van der Waals surface area (Å²) in [6.07, 6.45) is 2.12. The fourth-order valence-corrected chi connectivity index (χ4v) is 3.66. The number of nitrogens with one attached hydrogen (secondary N) is 1. The number of hydrogen-bond donors (Lipinski definition) is 2. The lowest BCUT2D eigenvalue weighted by atomic mass is 10.0. The average molecular weight is 304 g/mol. The van der Waals surface area contributed by atoms with E-state index in [-0.39, 0.29) is 11.9 Å². The van der Waals surface area contributed by atoms with Crippen molar-refractivity contribution in [3.8, 4) is 0 Å². The molecule has 2 aromatic rings. The molecule has 0 radical (unpaired) electrons. The van der Waals surface area contributed by atoms with Crippen LogP contribution in [0.15, 0.2) is 18.2 Å². The van der Waals surface area contributed by atoms with Gasteiger partial charge in [-0.2, -0.15) is 0 Å². The molecule has 0 saturated heterocycles. The largest absolute Gasteiger partial charge is 0.397 e. The Kier molecular flexibility index (Phi) is 4.88. The highest BCUT2D eigenvalue weighted by atomic mass is 32.1. The number of thiophene rings is 1. The van der Waals surface area contributed by atoms with Crippen molar-refractivity contribution in [1.82, 2.24) is 5.32 Å². The summed E-state index contributed by atoms with van der Waals surface area (Å²) in [5, 5.41) is 4.06. The van der Waals surface area contributed by atoms with Crippen LogP contribution in [0.1, 0.15) is 48.8 Å². The van der Waals surface area contributed by atoms with Crippen molar-refractivity contribution in [2.24, 2.45) is 5.92 Å². The molecule has 0 fully saturated rings. The highest BCUT2D eigenvalue weighted by Crippen LogP contribution is 2.35. The predicted octanol–water partition coefficient (Wildman–Crippen LogP) is 4.35. The molecule has 1 amide bonds. The normalized spacial score (nSPS) is 14.1. The summed E-state index contributed by atoms with van der Waals surface area (Å²) in [4.78, 5) is 13.1. The zero-order chi connectivity index (χ0) is 15.6. The number of hydrogen-bond acceptors (Lipinski definition) is 3. The van der Waals surface area contributed by atoms with Gasteiger partial charge in [0.25, 0.3) is 5.91 Å². The molecule has 0 aliphatic heterocycles. The van der Waals surface area contributed by atoms with Crippen molar-refractivity contribution in [3.05, 3.63) is 28.6 Å². The Labute approximate surface area is 130 Å². The number of amides is 1. The van der Waals surface area contributed by atoms with Gasteiger partial charge < -0.3 is 11.1 Å². The van der Waals surface area contributed by atoms with E-state index < -0.39 is 0 Å². The third kappa shape index (κ3) is 3.38. The van der Waals surface area contributed by atoms with Crippen LogP contribution in [0, 0.1) is 12.8 Å². The van der Waals surface area contributed by atoms with E-state index in [0.29, 0.717) is 16.5 Å². The molecule has 2 rings (SSSR count). The first-order chi connectivity index (χ1) is 9.93. The number of nitrogen functional groups attached to an aromatic ring is 1. The van der Waals surface area contributed by atoms with E-state index in [9.17, 15) is 4.79 Å². The number of rotatable bonds is 5. The molecule has 0 saturated carbocycles. The minimum atomic E-state index is -0.0519. The summed E-state index contributed by atoms with van der Waals surface area (Å²) in [5.74, 6) is 0.561. The second-order valence-electron chi connectivity index (χ2n) is 5.92. The van der Waals surface area contributed by atoms with Crippen molar-refractivity contribution in [2.75, 3.05) is 5.73 Å². The first kappa shape index (κ1) is 15.8. The first-order valence-corrected chi connectivity index (χ1v) is 8.34. The lowest BCUT2D eigenvalue weighted by Gasteiger charge is -2.17. The molecular weight excluding hydrogens is 280 g/mol. The lowest BCUT2D eigenvalue weighted by Crippen LogP contribution is -2.33. The zero-order valence-corrected chi connectivity index (χ0v) is 14.0. The van der Waals surface area contributed by atoms with Gasteiger partial charge in [0.15, 0.2) is 0 Å². The number of nitrogens with two attached hydrogens (primary N) is 1. The first-order valence-electron chi connectivity index (χ1n) is 7.52. The molecule has 114 valence electrons. The van der Waals surface area contributed by atoms with E-state index >= 15 is 0 Å². The summed E-state index contributed by atoms with van der Waals surface area (Å²) in [7, 11) is 0. The summed E-state index contributed by atoms with van der Waals surface area (Å²) in [6.45, 7) is 8.48. The number of aryl methyl sites for hydroxylation is 1.